The van der Waals surface area contributed by atoms with Crippen molar-refractivity contribution in [3.8, 4) is 0 Å². The van der Waals surface area contributed by atoms with E-state index in [1.54, 1.807) is 23.5 Å². The third-order valence-corrected chi connectivity index (χ3v) is 4.81. The Morgan fingerprint density at radius 1 is 1.20 bits per heavy atom. The minimum atomic E-state index is -0.295. The molecule has 0 spiro atoms. The molecule has 2 aliphatic heterocycles. The Labute approximate surface area is 145 Å². The first-order chi connectivity index (χ1) is 12.1. The number of rotatable bonds is 3. The van der Waals surface area contributed by atoms with E-state index in [1.807, 2.05) is 31.2 Å². The van der Waals surface area contributed by atoms with E-state index in [4.69, 9.17) is 0 Å². The van der Waals surface area contributed by atoms with Gasteiger partial charge in [-0.05, 0) is 42.2 Å². The molecule has 0 saturated carbocycles. The molecule has 2 heterocycles. The number of carbonyl (C=O) groups excluding carboxylic acids is 1. The second kappa shape index (κ2) is 6.29. The smallest absolute Gasteiger partial charge is 0.267 e. The average Bonchev–Trinajstić information content (AvgIpc) is 3.05. The maximum atomic E-state index is 13.1. The lowest BCUT2D eigenvalue weighted by molar-refractivity contribution is -0.137. The van der Waals surface area contributed by atoms with Crippen LogP contribution in [0.1, 0.15) is 29.2 Å². The number of nitrogens with zero attached hydrogens (tertiary/aromatic N) is 3. The van der Waals surface area contributed by atoms with Crippen molar-refractivity contribution in [2.45, 2.75) is 32.0 Å². The molecular formula is C19H19FN4O. The maximum Gasteiger partial charge on any atom is 0.267 e. The molecule has 1 saturated heterocycles. The van der Waals surface area contributed by atoms with Gasteiger partial charge in [-0.2, -0.15) is 5.10 Å². The fourth-order valence-corrected chi connectivity index (χ4v) is 3.31. The summed E-state index contributed by atoms with van der Waals surface area (Å²) < 4.78 is 13.1. The van der Waals surface area contributed by atoms with Crippen molar-refractivity contribution >= 4 is 12.2 Å². The van der Waals surface area contributed by atoms with E-state index in [2.05, 4.69) is 10.5 Å². The summed E-state index contributed by atoms with van der Waals surface area (Å²) in [5, 5.41) is 7.57. The first kappa shape index (κ1) is 15.8. The summed E-state index contributed by atoms with van der Waals surface area (Å²) >= 11 is 0. The highest BCUT2D eigenvalue weighted by Crippen LogP contribution is 2.30. The Morgan fingerprint density at radius 2 is 1.96 bits per heavy atom. The van der Waals surface area contributed by atoms with E-state index >= 15 is 0 Å². The van der Waals surface area contributed by atoms with Crippen LogP contribution in [-0.2, 0) is 11.3 Å². The Balaban J connectivity index is 1.50. The molecule has 1 fully saturated rings. The van der Waals surface area contributed by atoms with Crippen LogP contribution in [0.4, 0.5) is 4.39 Å². The molecule has 0 bridgehead atoms. The standard InChI is InChI=1S/C19H19FN4O/c1-13-4-2-3-5-15(13)11-23-19(25)18-10-17(22-24(18)12-21-23)14-6-8-16(20)9-7-14/h2-9,12,17-18,22H,10-11H2,1H3. The van der Waals surface area contributed by atoms with Crippen molar-refractivity contribution in [2.75, 3.05) is 0 Å². The quantitative estimate of drug-likeness (QED) is 0.936. The number of amides is 1. The van der Waals surface area contributed by atoms with Crippen LogP contribution in [0.3, 0.4) is 0 Å². The van der Waals surface area contributed by atoms with Gasteiger partial charge in [0.2, 0.25) is 0 Å². The zero-order valence-corrected chi connectivity index (χ0v) is 13.9. The van der Waals surface area contributed by atoms with Gasteiger partial charge in [-0.25, -0.2) is 14.8 Å². The number of aryl methyl sites for hydroxylation is 1. The lowest BCUT2D eigenvalue weighted by Crippen LogP contribution is -2.50. The SMILES string of the molecule is Cc1ccccc1CN1N=CN2NC(c3ccc(F)cc3)CC2C1=O. The van der Waals surface area contributed by atoms with Crippen LogP contribution in [0.15, 0.2) is 53.6 Å². The molecular weight excluding hydrogens is 319 g/mol. The Morgan fingerprint density at radius 3 is 2.72 bits per heavy atom. The first-order valence-corrected chi connectivity index (χ1v) is 8.32. The molecule has 0 aliphatic carbocycles. The van der Waals surface area contributed by atoms with Crippen LogP contribution < -0.4 is 5.43 Å². The van der Waals surface area contributed by atoms with E-state index in [0.29, 0.717) is 13.0 Å². The molecule has 0 radical (unpaired) electrons. The van der Waals surface area contributed by atoms with Crippen molar-refractivity contribution in [3.63, 3.8) is 0 Å². The Hall–Kier alpha value is -2.73. The Kier molecular flexibility index (Phi) is 3.97. The lowest BCUT2D eigenvalue weighted by atomic mass is 10.0. The molecule has 0 aromatic heterocycles. The number of hydrazone groups is 1. The van der Waals surface area contributed by atoms with Crippen LogP contribution in [0.25, 0.3) is 0 Å². The van der Waals surface area contributed by atoms with Crippen LogP contribution in [-0.4, -0.2) is 28.3 Å². The second-order valence-corrected chi connectivity index (χ2v) is 6.45. The van der Waals surface area contributed by atoms with Gasteiger partial charge in [-0.3, -0.25) is 9.80 Å². The fourth-order valence-electron chi connectivity index (χ4n) is 3.31. The average molecular weight is 338 g/mol. The minimum absolute atomic E-state index is 0.0251. The zero-order valence-electron chi connectivity index (χ0n) is 13.9. The van der Waals surface area contributed by atoms with Gasteiger partial charge in [0.05, 0.1) is 12.6 Å². The summed E-state index contributed by atoms with van der Waals surface area (Å²) in [6, 6.07) is 14.0. The largest absolute Gasteiger partial charge is 0.283 e. The molecule has 6 heteroatoms. The van der Waals surface area contributed by atoms with Crippen molar-refractivity contribution in [1.29, 1.82) is 0 Å². The molecule has 25 heavy (non-hydrogen) atoms. The van der Waals surface area contributed by atoms with E-state index in [9.17, 15) is 9.18 Å². The summed E-state index contributed by atoms with van der Waals surface area (Å²) in [5.41, 5.74) is 6.46. The van der Waals surface area contributed by atoms with Crippen LogP contribution >= 0.6 is 0 Å². The molecule has 2 unspecified atom stereocenters. The normalized spacial score (nSPS) is 22.4. The monoisotopic (exact) mass is 338 g/mol. The van der Waals surface area contributed by atoms with Gasteiger partial charge in [-0.1, -0.05) is 36.4 Å². The number of fused-ring (bicyclic) bond motifs is 1. The zero-order chi connectivity index (χ0) is 17.4. The molecule has 2 aliphatic rings. The van der Waals surface area contributed by atoms with Gasteiger partial charge in [-0.15, -0.1) is 0 Å². The third-order valence-electron chi connectivity index (χ3n) is 4.81. The molecule has 2 aromatic rings. The molecule has 1 amide bonds. The molecule has 2 aromatic carbocycles. The van der Waals surface area contributed by atoms with E-state index in [0.717, 1.165) is 16.7 Å². The summed E-state index contributed by atoms with van der Waals surface area (Å²) in [7, 11) is 0. The number of carbonyl (C=O) groups is 1. The van der Waals surface area contributed by atoms with Crippen LogP contribution in [0.2, 0.25) is 0 Å². The van der Waals surface area contributed by atoms with E-state index in [-0.39, 0.29) is 23.8 Å². The topological polar surface area (TPSA) is 47.9 Å². The van der Waals surface area contributed by atoms with Gasteiger partial charge >= 0.3 is 0 Å². The molecule has 1 N–H and O–H groups in total. The van der Waals surface area contributed by atoms with Gasteiger partial charge < -0.3 is 0 Å². The molecule has 4 rings (SSSR count). The summed E-state index contributed by atoms with van der Waals surface area (Å²) in [6.45, 7) is 2.50. The summed E-state index contributed by atoms with van der Waals surface area (Å²) in [5.74, 6) is -0.288. The molecule has 128 valence electrons. The molecule has 5 nitrogen and oxygen atoms in total. The number of hydrazine groups is 1. The predicted octanol–water partition coefficient (Wildman–Crippen LogP) is 2.74. The Bertz CT molecular complexity index is 820. The van der Waals surface area contributed by atoms with Gasteiger partial charge in [0.25, 0.3) is 5.91 Å². The van der Waals surface area contributed by atoms with E-state index in [1.165, 1.54) is 17.1 Å². The highest BCUT2D eigenvalue weighted by molar-refractivity contribution is 5.87. The number of benzene rings is 2. The first-order valence-electron chi connectivity index (χ1n) is 8.32. The van der Waals surface area contributed by atoms with Crippen molar-refractivity contribution < 1.29 is 9.18 Å². The van der Waals surface area contributed by atoms with Crippen LogP contribution in [0, 0.1) is 12.7 Å². The van der Waals surface area contributed by atoms with Gasteiger partial charge in [0, 0.05) is 0 Å². The minimum Gasteiger partial charge on any atom is -0.283 e. The van der Waals surface area contributed by atoms with Gasteiger partial charge in [0.1, 0.15) is 18.2 Å². The van der Waals surface area contributed by atoms with Crippen molar-refractivity contribution in [1.82, 2.24) is 15.4 Å². The predicted molar refractivity (Wildman–Crippen MR) is 92.7 cm³/mol. The number of hydrogen-bond acceptors (Lipinski definition) is 4. The number of halogens is 1. The van der Waals surface area contributed by atoms with Crippen molar-refractivity contribution in [2.24, 2.45) is 5.10 Å². The second-order valence-electron chi connectivity index (χ2n) is 6.45. The van der Waals surface area contributed by atoms with Crippen molar-refractivity contribution in [3.05, 3.63) is 71.0 Å². The summed E-state index contributed by atoms with van der Waals surface area (Å²) in [4.78, 5) is 12.8. The number of nitrogens with one attached hydrogen (secondary N) is 1. The lowest BCUT2D eigenvalue weighted by Gasteiger charge is -2.30. The molecule has 2 atom stereocenters. The van der Waals surface area contributed by atoms with E-state index < -0.39 is 0 Å². The summed E-state index contributed by atoms with van der Waals surface area (Å²) in [6.07, 6.45) is 2.29. The number of hydrogen-bond donors (Lipinski definition) is 1. The highest BCUT2D eigenvalue weighted by Gasteiger charge is 2.40. The third kappa shape index (κ3) is 3.00. The van der Waals surface area contributed by atoms with Gasteiger partial charge in [0.15, 0.2) is 0 Å². The van der Waals surface area contributed by atoms with Crippen LogP contribution in [0.5, 0.6) is 0 Å². The maximum absolute atomic E-state index is 13.1. The fraction of sp³-hybridized carbons (Fsp3) is 0.263. The highest BCUT2D eigenvalue weighted by atomic mass is 19.1.